The van der Waals surface area contributed by atoms with Crippen LogP contribution in [0.5, 0.6) is 0 Å². The molecule has 0 atom stereocenters. The third-order valence-electron chi connectivity index (χ3n) is 3.05. The van der Waals surface area contributed by atoms with Gasteiger partial charge in [-0.1, -0.05) is 6.07 Å². The van der Waals surface area contributed by atoms with E-state index in [0.29, 0.717) is 5.92 Å². The van der Waals surface area contributed by atoms with Gasteiger partial charge in [0.2, 0.25) is 0 Å². The second-order valence-electron chi connectivity index (χ2n) is 4.28. The Morgan fingerprint density at radius 2 is 2.29 bits per heavy atom. The van der Waals surface area contributed by atoms with E-state index in [-0.39, 0.29) is 0 Å². The highest BCUT2D eigenvalue weighted by Crippen LogP contribution is 2.21. The van der Waals surface area contributed by atoms with Crippen LogP contribution in [0.4, 0.5) is 0 Å². The van der Waals surface area contributed by atoms with Crippen LogP contribution in [-0.4, -0.2) is 33.3 Å². The summed E-state index contributed by atoms with van der Waals surface area (Å²) in [6.07, 6.45) is 2.23. The van der Waals surface area contributed by atoms with Crippen molar-refractivity contribution in [3.8, 4) is 0 Å². The first-order valence-corrected chi connectivity index (χ1v) is 6.80. The second-order valence-corrected chi connectivity index (χ2v) is 5.31. The number of piperidine rings is 1. The van der Waals surface area contributed by atoms with Gasteiger partial charge in [-0.05, 0) is 42.6 Å². The van der Waals surface area contributed by atoms with Gasteiger partial charge in [0.25, 0.3) is 0 Å². The fourth-order valence-corrected chi connectivity index (χ4v) is 2.79. The molecule has 5 nitrogen and oxygen atoms in total. The van der Waals surface area contributed by atoms with E-state index in [9.17, 15) is 0 Å². The molecule has 6 heteroatoms. The highest BCUT2D eigenvalue weighted by atomic mass is 32.1. The molecule has 0 amide bonds. The van der Waals surface area contributed by atoms with Crippen molar-refractivity contribution in [1.82, 2.24) is 25.5 Å². The van der Waals surface area contributed by atoms with Gasteiger partial charge in [-0.3, -0.25) is 0 Å². The Labute approximate surface area is 104 Å². The highest BCUT2D eigenvalue weighted by molar-refractivity contribution is 7.09. The molecule has 1 aliphatic rings. The summed E-state index contributed by atoms with van der Waals surface area (Å²) in [7, 11) is 0. The van der Waals surface area contributed by atoms with Gasteiger partial charge in [0.05, 0.1) is 6.54 Å². The van der Waals surface area contributed by atoms with Crippen LogP contribution in [0.15, 0.2) is 17.5 Å². The van der Waals surface area contributed by atoms with Crippen molar-refractivity contribution in [2.75, 3.05) is 13.1 Å². The molecule has 3 rings (SSSR count). The average molecular weight is 249 g/mol. The van der Waals surface area contributed by atoms with E-state index in [1.165, 1.54) is 4.88 Å². The molecule has 1 N–H and O–H groups in total. The fourth-order valence-electron chi connectivity index (χ4n) is 2.11. The fraction of sp³-hybridized carbons (Fsp3) is 0.545. The zero-order valence-electron chi connectivity index (χ0n) is 9.54. The van der Waals surface area contributed by atoms with Crippen LogP contribution < -0.4 is 5.32 Å². The first-order valence-electron chi connectivity index (χ1n) is 5.92. The summed E-state index contributed by atoms with van der Waals surface area (Å²) in [5.41, 5.74) is 0. The number of thiophene rings is 1. The number of rotatable bonds is 3. The summed E-state index contributed by atoms with van der Waals surface area (Å²) in [5.74, 6) is 1.39. The van der Waals surface area contributed by atoms with Crippen molar-refractivity contribution in [2.24, 2.45) is 0 Å². The molecule has 1 aliphatic heterocycles. The minimum absolute atomic E-state index is 0.480. The number of hydrogen-bond donors (Lipinski definition) is 1. The lowest BCUT2D eigenvalue weighted by Gasteiger charge is -2.18. The van der Waals surface area contributed by atoms with Crippen LogP contribution in [0.25, 0.3) is 0 Å². The topological polar surface area (TPSA) is 55.6 Å². The summed E-state index contributed by atoms with van der Waals surface area (Å²) in [6, 6.07) is 4.14. The lowest BCUT2D eigenvalue weighted by atomic mass is 9.98. The Hall–Kier alpha value is -1.27. The third kappa shape index (κ3) is 2.53. The molecule has 0 bridgehead atoms. The summed E-state index contributed by atoms with van der Waals surface area (Å²) >= 11 is 1.72. The SMILES string of the molecule is c1csc(Cn2nnc(C3CCNCC3)n2)c1. The first kappa shape index (κ1) is 10.9. The van der Waals surface area contributed by atoms with Gasteiger partial charge >= 0.3 is 0 Å². The number of nitrogens with zero attached hydrogens (tertiary/aromatic N) is 4. The monoisotopic (exact) mass is 249 g/mol. The first-order chi connectivity index (χ1) is 8.42. The number of hydrogen-bond acceptors (Lipinski definition) is 5. The van der Waals surface area contributed by atoms with Crippen LogP contribution in [0, 0.1) is 0 Å². The van der Waals surface area contributed by atoms with E-state index in [1.807, 2.05) is 6.07 Å². The number of aromatic nitrogens is 4. The maximum atomic E-state index is 4.48. The molecular formula is C11H15N5S. The van der Waals surface area contributed by atoms with Gasteiger partial charge in [-0.2, -0.15) is 4.80 Å². The van der Waals surface area contributed by atoms with Gasteiger partial charge in [0.1, 0.15) is 0 Å². The van der Waals surface area contributed by atoms with Gasteiger partial charge in [-0.25, -0.2) is 0 Å². The molecule has 0 radical (unpaired) electrons. The zero-order chi connectivity index (χ0) is 11.5. The maximum absolute atomic E-state index is 4.48. The predicted molar refractivity (Wildman–Crippen MR) is 66.1 cm³/mol. The van der Waals surface area contributed by atoms with Gasteiger partial charge in [-0.15, -0.1) is 21.5 Å². The van der Waals surface area contributed by atoms with E-state index >= 15 is 0 Å². The average Bonchev–Trinajstić information content (AvgIpc) is 3.02. The molecule has 0 aromatic carbocycles. The lowest BCUT2D eigenvalue weighted by molar-refractivity contribution is 0.442. The number of nitrogens with one attached hydrogen (secondary N) is 1. The smallest absolute Gasteiger partial charge is 0.177 e. The molecule has 1 fully saturated rings. The van der Waals surface area contributed by atoms with E-state index in [1.54, 1.807) is 16.1 Å². The molecule has 17 heavy (non-hydrogen) atoms. The van der Waals surface area contributed by atoms with Crippen LogP contribution in [0.1, 0.15) is 29.5 Å². The van der Waals surface area contributed by atoms with Gasteiger partial charge in [0.15, 0.2) is 5.82 Å². The summed E-state index contributed by atoms with van der Waals surface area (Å²) in [4.78, 5) is 2.96. The van der Waals surface area contributed by atoms with Crippen LogP contribution in [0.3, 0.4) is 0 Å². The van der Waals surface area contributed by atoms with Crippen molar-refractivity contribution in [3.05, 3.63) is 28.2 Å². The molecule has 2 aromatic heterocycles. The van der Waals surface area contributed by atoms with Gasteiger partial charge in [0, 0.05) is 10.8 Å². The third-order valence-corrected chi connectivity index (χ3v) is 3.91. The molecule has 0 saturated carbocycles. The largest absolute Gasteiger partial charge is 0.317 e. The van der Waals surface area contributed by atoms with E-state index < -0.39 is 0 Å². The molecule has 0 spiro atoms. The molecule has 90 valence electrons. The summed E-state index contributed by atoms with van der Waals surface area (Å²) in [6.45, 7) is 2.85. The van der Waals surface area contributed by atoms with Crippen molar-refractivity contribution >= 4 is 11.3 Å². The summed E-state index contributed by atoms with van der Waals surface area (Å²) in [5, 5.41) is 18.2. The van der Waals surface area contributed by atoms with Gasteiger partial charge < -0.3 is 5.32 Å². The minimum atomic E-state index is 0.480. The van der Waals surface area contributed by atoms with Crippen LogP contribution >= 0.6 is 11.3 Å². The predicted octanol–water partition coefficient (Wildman–Crippen LogP) is 1.25. The van der Waals surface area contributed by atoms with Crippen LogP contribution in [0.2, 0.25) is 0 Å². The Morgan fingerprint density at radius 1 is 1.41 bits per heavy atom. The van der Waals surface area contributed by atoms with Crippen molar-refractivity contribution < 1.29 is 0 Å². The lowest BCUT2D eigenvalue weighted by Crippen LogP contribution is -2.27. The zero-order valence-corrected chi connectivity index (χ0v) is 10.4. The summed E-state index contributed by atoms with van der Waals surface area (Å²) < 4.78 is 0. The minimum Gasteiger partial charge on any atom is -0.317 e. The van der Waals surface area contributed by atoms with Crippen molar-refractivity contribution in [1.29, 1.82) is 0 Å². The van der Waals surface area contributed by atoms with Crippen molar-refractivity contribution in [2.45, 2.75) is 25.3 Å². The maximum Gasteiger partial charge on any atom is 0.177 e. The molecular weight excluding hydrogens is 234 g/mol. The highest BCUT2D eigenvalue weighted by Gasteiger charge is 2.19. The van der Waals surface area contributed by atoms with E-state index in [2.05, 4.69) is 32.2 Å². The standard InChI is InChI=1S/C11H15N5S/c1-2-10(17-7-1)8-16-14-11(13-15-16)9-3-5-12-6-4-9/h1-2,7,9,12H,3-6,8H2. The Morgan fingerprint density at radius 3 is 3.06 bits per heavy atom. The normalized spacial score (nSPS) is 17.4. The second kappa shape index (κ2) is 4.93. The molecule has 2 aromatic rings. The quantitative estimate of drug-likeness (QED) is 0.889. The van der Waals surface area contributed by atoms with E-state index in [4.69, 9.17) is 0 Å². The molecule has 1 saturated heterocycles. The van der Waals surface area contributed by atoms with E-state index in [0.717, 1.165) is 38.3 Å². The van der Waals surface area contributed by atoms with Crippen LogP contribution in [-0.2, 0) is 6.54 Å². The Balaban J connectivity index is 1.69. The Kier molecular flexibility index (Phi) is 3.15. The molecule has 0 unspecified atom stereocenters. The number of tetrazole rings is 1. The molecule has 3 heterocycles. The Bertz CT molecular complexity index is 458. The van der Waals surface area contributed by atoms with Crippen molar-refractivity contribution in [3.63, 3.8) is 0 Å². The molecule has 0 aliphatic carbocycles.